The van der Waals surface area contributed by atoms with E-state index in [1.807, 2.05) is 0 Å². The molecule has 1 aliphatic heterocycles. The van der Waals surface area contributed by atoms with E-state index in [1.54, 1.807) is 0 Å². The van der Waals surface area contributed by atoms with Gasteiger partial charge < -0.3 is 9.84 Å². The second kappa shape index (κ2) is 3.32. The number of rotatable bonds is 2. The number of halogens is 3. The Morgan fingerprint density at radius 3 is 2.43 bits per heavy atom. The zero-order chi connectivity index (χ0) is 10.9. The topological polar surface area (TPSA) is 63.6 Å². The van der Waals surface area contributed by atoms with Crippen LogP contribution >= 0.6 is 0 Å². The molecule has 14 heavy (non-hydrogen) atoms. The highest BCUT2D eigenvalue weighted by molar-refractivity contribution is 5.85. The van der Waals surface area contributed by atoms with Crippen LogP contribution in [-0.2, 0) is 14.3 Å². The molecule has 4 nitrogen and oxygen atoms in total. The summed E-state index contributed by atoms with van der Waals surface area (Å²) in [6, 6.07) is 0. The lowest BCUT2D eigenvalue weighted by atomic mass is 10.0. The monoisotopic (exact) mass is 210 g/mol. The van der Waals surface area contributed by atoms with Crippen LogP contribution in [0.3, 0.4) is 0 Å². The first-order chi connectivity index (χ1) is 6.32. The molecule has 0 saturated heterocycles. The number of cyclic esters (lactones) is 1. The second-order valence-corrected chi connectivity index (χ2v) is 2.62. The lowest BCUT2D eigenvalue weighted by Gasteiger charge is -2.20. The summed E-state index contributed by atoms with van der Waals surface area (Å²) in [4.78, 5) is 20.7. The molecule has 1 N–H and O–H groups in total. The Labute approximate surface area is 76.0 Å². The van der Waals surface area contributed by atoms with E-state index in [4.69, 9.17) is 5.11 Å². The summed E-state index contributed by atoms with van der Waals surface area (Å²) in [6.45, 7) is 0. The normalized spacial score (nSPS) is 23.4. The van der Waals surface area contributed by atoms with Gasteiger partial charge in [-0.05, 0) is 6.08 Å². The molecule has 1 aliphatic rings. The summed E-state index contributed by atoms with van der Waals surface area (Å²) in [5, 5.41) is 8.31. The van der Waals surface area contributed by atoms with E-state index < -0.39 is 30.1 Å². The first-order valence-electron chi connectivity index (χ1n) is 3.50. The van der Waals surface area contributed by atoms with Gasteiger partial charge in [0.1, 0.15) is 6.10 Å². The molecular weight excluding hydrogens is 205 g/mol. The Balaban J connectivity index is 2.85. The van der Waals surface area contributed by atoms with Crippen molar-refractivity contribution >= 4 is 11.9 Å². The maximum atomic E-state index is 12.1. The van der Waals surface area contributed by atoms with Gasteiger partial charge in [-0.3, -0.25) is 4.79 Å². The average Bonchev–Trinajstić information content (AvgIpc) is 2.31. The molecule has 1 rings (SSSR count). The van der Waals surface area contributed by atoms with E-state index >= 15 is 0 Å². The van der Waals surface area contributed by atoms with E-state index in [-0.39, 0.29) is 0 Å². The summed E-state index contributed by atoms with van der Waals surface area (Å²) < 4.78 is 40.6. The van der Waals surface area contributed by atoms with E-state index in [1.165, 1.54) is 0 Å². The summed E-state index contributed by atoms with van der Waals surface area (Å²) in [7, 11) is 0. The van der Waals surface area contributed by atoms with Crippen molar-refractivity contribution in [1.82, 2.24) is 0 Å². The number of carbonyl (C=O) groups is 2. The average molecular weight is 210 g/mol. The molecular formula is C7H5F3O4. The molecule has 0 fully saturated rings. The van der Waals surface area contributed by atoms with Gasteiger partial charge in [0.15, 0.2) is 5.92 Å². The van der Waals surface area contributed by atoms with Crippen LogP contribution < -0.4 is 0 Å². The molecule has 2 atom stereocenters. The molecule has 0 aromatic heterocycles. The fourth-order valence-electron chi connectivity index (χ4n) is 1.03. The van der Waals surface area contributed by atoms with Crippen LogP contribution in [0.2, 0.25) is 0 Å². The van der Waals surface area contributed by atoms with E-state index in [0.29, 0.717) is 0 Å². The van der Waals surface area contributed by atoms with Crippen molar-refractivity contribution in [3.63, 3.8) is 0 Å². The fourth-order valence-corrected chi connectivity index (χ4v) is 1.03. The van der Waals surface area contributed by atoms with Crippen molar-refractivity contribution in [3.8, 4) is 0 Å². The number of ether oxygens (including phenoxy) is 1. The molecule has 0 bridgehead atoms. The highest BCUT2D eigenvalue weighted by Crippen LogP contribution is 2.32. The zero-order valence-electron chi connectivity index (χ0n) is 6.62. The quantitative estimate of drug-likeness (QED) is 0.682. The van der Waals surface area contributed by atoms with Crippen molar-refractivity contribution < 1.29 is 32.6 Å². The molecule has 0 aliphatic carbocycles. The largest absolute Gasteiger partial charge is 0.481 e. The van der Waals surface area contributed by atoms with Crippen LogP contribution in [0.1, 0.15) is 0 Å². The molecule has 0 saturated carbocycles. The van der Waals surface area contributed by atoms with Crippen LogP contribution in [0.25, 0.3) is 0 Å². The molecule has 0 aromatic carbocycles. The summed E-state index contributed by atoms with van der Waals surface area (Å²) in [5.74, 6) is -5.74. The highest BCUT2D eigenvalue weighted by Gasteiger charge is 2.51. The van der Waals surface area contributed by atoms with Gasteiger partial charge in [0.25, 0.3) is 0 Å². The maximum Gasteiger partial charge on any atom is 0.406 e. The van der Waals surface area contributed by atoms with E-state index in [2.05, 4.69) is 4.74 Å². The second-order valence-electron chi connectivity index (χ2n) is 2.62. The summed E-state index contributed by atoms with van der Waals surface area (Å²) in [5.41, 5.74) is 0. The number of carboxylic acids is 1. The molecule has 0 amide bonds. The number of hydrogen-bond donors (Lipinski definition) is 1. The predicted molar refractivity (Wildman–Crippen MR) is 36.2 cm³/mol. The summed E-state index contributed by atoms with van der Waals surface area (Å²) in [6.07, 6.45) is -5.15. The molecule has 1 heterocycles. The van der Waals surface area contributed by atoms with Gasteiger partial charge in [0.05, 0.1) is 0 Å². The first kappa shape index (κ1) is 10.6. The van der Waals surface area contributed by atoms with Crippen molar-refractivity contribution in [2.75, 3.05) is 0 Å². The molecule has 0 aromatic rings. The van der Waals surface area contributed by atoms with Crippen molar-refractivity contribution in [1.29, 1.82) is 0 Å². The minimum absolute atomic E-state index is 0.770. The number of hydrogen-bond acceptors (Lipinski definition) is 3. The molecule has 0 radical (unpaired) electrons. The minimum Gasteiger partial charge on any atom is -0.481 e. The number of esters is 1. The Bertz CT molecular complexity index is 294. The van der Waals surface area contributed by atoms with Gasteiger partial charge in [-0.15, -0.1) is 0 Å². The third kappa shape index (κ3) is 2.04. The number of carboxylic acid groups (broad SMARTS) is 1. The fraction of sp³-hybridized carbons (Fsp3) is 0.429. The Morgan fingerprint density at radius 2 is 2.14 bits per heavy atom. The number of carbonyl (C=O) groups excluding carboxylic acids is 1. The molecule has 0 spiro atoms. The van der Waals surface area contributed by atoms with Gasteiger partial charge >= 0.3 is 18.1 Å². The maximum absolute atomic E-state index is 12.1. The van der Waals surface area contributed by atoms with Gasteiger partial charge in [0, 0.05) is 6.08 Å². The predicted octanol–water partition coefficient (Wildman–Crippen LogP) is 0.731. The van der Waals surface area contributed by atoms with Crippen LogP contribution in [0.4, 0.5) is 13.2 Å². The lowest BCUT2D eigenvalue weighted by molar-refractivity contribution is -0.209. The molecule has 2 unspecified atom stereocenters. The van der Waals surface area contributed by atoms with Crippen molar-refractivity contribution in [2.24, 2.45) is 5.92 Å². The van der Waals surface area contributed by atoms with Gasteiger partial charge in [0.2, 0.25) is 0 Å². The van der Waals surface area contributed by atoms with Gasteiger partial charge in [-0.1, -0.05) is 0 Å². The molecule has 7 heteroatoms. The van der Waals surface area contributed by atoms with Gasteiger partial charge in [-0.2, -0.15) is 13.2 Å². The van der Waals surface area contributed by atoms with Gasteiger partial charge in [-0.25, -0.2) is 4.79 Å². The van der Waals surface area contributed by atoms with E-state index in [0.717, 1.165) is 12.2 Å². The van der Waals surface area contributed by atoms with Crippen molar-refractivity contribution in [2.45, 2.75) is 12.3 Å². The van der Waals surface area contributed by atoms with Crippen molar-refractivity contribution in [3.05, 3.63) is 12.2 Å². The first-order valence-corrected chi connectivity index (χ1v) is 3.50. The minimum atomic E-state index is -4.94. The number of alkyl halides is 3. The lowest BCUT2D eigenvalue weighted by Crippen LogP contribution is -2.39. The van der Waals surface area contributed by atoms with E-state index in [9.17, 15) is 22.8 Å². The Hall–Kier alpha value is -1.53. The Kier molecular flexibility index (Phi) is 2.50. The van der Waals surface area contributed by atoms with Crippen LogP contribution in [0.15, 0.2) is 12.2 Å². The van der Waals surface area contributed by atoms with Crippen LogP contribution in [0.5, 0.6) is 0 Å². The standard InChI is InChI=1S/C7H5F3O4/c8-7(9,10)5(6(12)13)3-1-2-4(11)14-3/h1-3,5H,(H,12,13). The summed E-state index contributed by atoms with van der Waals surface area (Å²) >= 11 is 0. The Morgan fingerprint density at radius 1 is 1.57 bits per heavy atom. The van der Waals surface area contributed by atoms with Crippen LogP contribution in [0, 0.1) is 5.92 Å². The third-order valence-corrected chi connectivity index (χ3v) is 1.62. The zero-order valence-corrected chi connectivity index (χ0v) is 6.62. The number of aliphatic carboxylic acids is 1. The smallest absolute Gasteiger partial charge is 0.406 e. The third-order valence-electron chi connectivity index (χ3n) is 1.62. The van der Waals surface area contributed by atoms with Crippen LogP contribution in [-0.4, -0.2) is 29.3 Å². The molecule has 78 valence electrons. The highest BCUT2D eigenvalue weighted by atomic mass is 19.4. The SMILES string of the molecule is O=C1C=CC(C(C(=O)O)C(F)(F)F)O1.